The molecule has 3 fully saturated rings. The van der Waals surface area contributed by atoms with Gasteiger partial charge in [-0.2, -0.15) is 0 Å². The van der Waals surface area contributed by atoms with E-state index < -0.39 is 0 Å². The van der Waals surface area contributed by atoms with Gasteiger partial charge in [0.15, 0.2) is 0 Å². The molecule has 6 unspecified atom stereocenters. The number of nitrogens with zero attached hydrogens (tertiary/aromatic N) is 1. The Balaban J connectivity index is 1.43. The first kappa shape index (κ1) is 20.5. The lowest BCUT2D eigenvalue weighted by atomic mass is 9.76. The van der Waals surface area contributed by atoms with Crippen LogP contribution in [0.5, 0.6) is 0 Å². The molecule has 3 aliphatic heterocycles. The molecule has 1 aromatic carbocycles. The summed E-state index contributed by atoms with van der Waals surface area (Å²) in [6.07, 6.45) is 9.94. The first-order valence-electron chi connectivity index (χ1n) is 11.0. The molecule has 5 heteroatoms. The van der Waals surface area contributed by atoms with E-state index in [-0.39, 0.29) is 12.1 Å². The molecule has 3 nitrogen and oxygen atoms in total. The molecule has 0 aromatic heterocycles. The molecule has 3 aliphatic rings. The molecule has 154 valence electrons. The van der Waals surface area contributed by atoms with Gasteiger partial charge in [-0.25, -0.2) is 0 Å². The highest BCUT2D eigenvalue weighted by molar-refractivity contribution is 6.42. The van der Waals surface area contributed by atoms with Crippen LogP contribution in [-0.2, 0) is 9.53 Å². The van der Waals surface area contributed by atoms with Crippen molar-refractivity contribution < 1.29 is 9.53 Å². The second-order valence-electron chi connectivity index (χ2n) is 8.78. The van der Waals surface area contributed by atoms with E-state index >= 15 is 0 Å². The molecule has 4 bridgehead atoms. The predicted molar refractivity (Wildman–Crippen MR) is 114 cm³/mol. The van der Waals surface area contributed by atoms with Gasteiger partial charge >= 0.3 is 5.97 Å². The van der Waals surface area contributed by atoms with Crippen LogP contribution in [0.4, 0.5) is 0 Å². The fourth-order valence-electron chi connectivity index (χ4n) is 5.79. The molecule has 3 saturated heterocycles. The molecule has 0 saturated carbocycles. The van der Waals surface area contributed by atoms with Gasteiger partial charge in [-0.15, -0.1) is 0 Å². The lowest BCUT2D eigenvalue weighted by Crippen LogP contribution is -2.41. The zero-order valence-corrected chi connectivity index (χ0v) is 18.2. The third-order valence-corrected chi connectivity index (χ3v) is 7.82. The third kappa shape index (κ3) is 4.08. The van der Waals surface area contributed by atoms with Crippen molar-refractivity contribution >= 4 is 29.2 Å². The average Bonchev–Trinajstić information content (AvgIpc) is 3.08. The number of esters is 1. The smallest absolute Gasteiger partial charge is 0.306 e. The number of halogens is 2. The van der Waals surface area contributed by atoms with E-state index in [1.165, 1.54) is 37.7 Å². The van der Waals surface area contributed by atoms with E-state index in [1.54, 1.807) is 0 Å². The Morgan fingerprint density at radius 1 is 1.14 bits per heavy atom. The largest absolute Gasteiger partial charge is 0.461 e. The van der Waals surface area contributed by atoms with E-state index in [2.05, 4.69) is 17.9 Å². The molecule has 0 aliphatic carbocycles. The topological polar surface area (TPSA) is 29.5 Å². The summed E-state index contributed by atoms with van der Waals surface area (Å²) >= 11 is 12.4. The summed E-state index contributed by atoms with van der Waals surface area (Å²) in [5.74, 6) is 0.757. The Kier molecular flexibility index (Phi) is 6.54. The van der Waals surface area contributed by atoms with Crippen molar-refractivity contribution in [2.45, 2.75) is 88.8 Å². The molecule has 4 rings (SSSR count). The van der Waals surface area contributed by atoms with Crippen LogP contribution in [0.3, 0.4) is 0 Å². The molecule has 28 heavy (non-hydrogen) atoms. The van der Waals surface area contributed by atoms with Gasteiger partial charge in [0.1, 0.15) is 6.10 Å². The predicted octanol–water partition coefficient (Wildman–Crippen LogP) is 6.22. The number of piperidine rings is 1. The van der Waals surface area contributed by atoms with Crippen molar-refractivity contribution in [3.63, 3.8) is 0 Å². The third-order valence-electron chi connectivity index (χ3n) is 7.08. The van der Waals surface area contributed by atoms with Gasteiger partial charge in [-0.05, 0) is 49.3 Å². The monoisotopic (exact) mass is 423 g/mol. The Morgan fingerprint density at radius 3 is 2.75 bits per heavy atom. The van der Waals surface area contributed by atoms with Crippen LogP contribution >= 0.6 is 23.2 Å². The van der Waals surface area contributed by atoms with Gasteiger partial charge < -0.3 is 4.74 Å². The summed E-state index contributed by atoms with van der Waals surface area (Å²) < 4.78 is 6.05. The van der Waals surface area contributed by atoms with E-state index in [9.17, 15) is 4.79 Å². The first-order valence-corrected chi connectivity index (χ1v) is 11.7. The van der Waals surface area contributed by atoms with E-state index in [1.807, 2.05) is 12.1 Å². The standard InChI is InChI=1S/C23H31Cl2NO2/c1-2-3-4-5-6-7-22(27)28-21-14-26-16-9-11-20(26)23(21)17(13-16)15-8-10-18(24)19(25)12-15/h8,10,12,16-17,20-21,23H,2-7,9,11,13-14H2,1H3. The summed E-state index contributed by atoms with van der Waals surface area (Å²) in [6, 6.07) is 7.19. The molecule has 1 aromatic rings. The lowest BCUT2D eigenvalue weighted by Gasteiger charge is -2.37. The van der Waals surface area contributed by atoms with Gasteiger partial charge in [0.2, 0.25) is 0 Å². The summed E-state index contributed by atoms with van der Waals surface area (Å²) in [7, 11) is 0. The number of hydrogen-bond acceptors (Lipinski definition) is 3. The number of rotatable bonds is 8. The van der Waals surface area contributed by atoms with Gasteiger partial charge in [0.05, 0.1) is 10.0 Å². The second kappa shape index (κ2) is 8.93. The molecule has 0 N–H and O–H groups in total. The number of hydrogen-bond donors (Lipinski definition) is 0. The SMILES string of the molecule is CCCCCCCC(=O)OC1CN2C3CCC2C1C(c1ccc(Cl)c(Cl)c1)C3. The zero-order chi connectivity index (χ0) is 19.7. The maximum absolute atomic E-state index is 12.5. The van der Waals surface area contributed by atoms with E-state index in [4.69, 9.17) is 27.9 Å². The molecular weight excluding hydrogens is 393 g/mol. The van der Waals surface area contributed by atoms with Crippen LogP contribution in [0.1, 0.15) is 76.2 Å². The fraction of sp³-hybridized carbons (Fsp3) is 0.696. The molecule has 6 atom stereocenters. The number of unbranched alkanes of at least 4 members (excludes halogenated alkanes) is 4. The maximum atomic E-state index is 12.5. The number of carbonyl (C=O) groups excluding carboxylic acids is 1. The van der Waals surface area contributed by atoms with Crippen molar-refractivity contribution in [3.8, 4) is 0 Å². The lowest BCUT2D eigenvalue weighted by molar-refractivity contribution is -0.150. The Morgan fingerprint density at radius 2 is 1.96 bits per heavy atom. The minimum absolute atomic E-state index is 0.0119. The maximum Gasteiger partial charge on any atom is 0.306 e. The van der Waals surface area contributed by atoms with Crippen molar-refractivity contribution in [1.82, 2.24) is 4.90 Å². The minimum Gasteiger partial charge on any atom is -0.461 e. The minimum atomic E-state index is -0.0148. The summed E-state index contributed by atoms with van der Waals surface area (Å²) in [4.78, 5) is 15.1. The Labute approximate surface area is 178 Å². The Bertz CT molecular complexity index is 710. The van der Waals surface area contributed by atoms with Crippen LogP contribution in [0.2, 0.25) is 10.0 Å². The Hall–Kier alpha value is -0.770. The molecule has 0 amide bonds. The van der Waals surface area contributed by atoms with Crippen molar-refractivity contribution in [3.05, 3.63) is 33.8 Å². The van der Waals surface area contributed by atoms with Crippen LogP contribution in [-0.4, -0.2) is 35.6 Å². The molecule has 3 heterocycles. The molecule has 0 radical (unpaired) electrons. The number of benzene rings is 1. The van der Waals surface area contributed by atoms with Crippen molar-refractivity contribution in [1.29, 1.82) is 0 Å². The zero-order valence-electron chi connectivity index (χ0n) is 16.7. The normalized spacial score (nSPS) is 33.2. The fourth-order valence-corrected chi connectivity index (χ4v) is 6.10. The quantitative estimate of drug-likeness (QED) is 0.367. The van der Waals surface area contributed by atoms with Crippen molar-refractivity contribution in [2.75, 3.05) is 6.54 Å². The highest BCUT2D eigenvalue weighted by Crippen LogP contribution is 2.53. The number of ether oxygens (including phenoxy) is 1. The first-order chi connectivity index (χ1) is 13.6. The van der Waals surface area contributed by atoms with Gasteiger partial charge in [-0.1, -0.05) is 61.9 Å². The molecule has 0 spiro atoms. The van der Waals surface area contributed by atoms with Crippen LogP contribution in [0.25, 0.3) is 0 Å². The van der Waals surface area contributed by atoms with Gasteiger partial charge in [0.25, 0.3) is 0 Å². The highest BCUT2D eigenvalue weighted by Gasteiger charge is 2.56. The van der Waals surface area contributed by atoms with E-state index in [0.29, 0.717) is 40.4 Å². The van der Waals surface area contributed by atoms with E-state index in [0.717, 1.165) is 25.8 Å². The second-order valence-corrected chi connectivity index (χ2v) is 9.60. The average molecular weight is 424 g/mol. The van der Waals surface area contributed by atoms with Crippen LogP contribution in [0.15, 0.2) is 18.2 Å². The van der Waals surface area contributed by atoms with Crippen LogP contribution < -0.4 is 0 Å². The van der Waals surface area contributed by atoms with Crippen LogP contribution in [0, 0.1) is 5.92 Å². The highest BCUT2D eigenvalue weighted by atomic mass is 35.5. The van der Waals surface area contributed by atoms with Crippen molar-refractivity contribution in [2.24, 2.45) is 5.92 Å². The summed E-state index contributed by atoms with van der Waals surface area (Å²) in [5.41, 5.74) is 1.25. The summed E-state index contributed by atoms with van der Waals surface area (Å²) in [5, 5.41) is 1.22. The summed E-state index contributed by atoms with van der Waals surface area (Å²) in [6.45, 7) is 3.11. The number of carbonyl (C=O) groups is 1. The molecular formula is C23H31Cl2NO2. The van der Waals surface area contributed by atoms with Gasteiger partial charge in [0, 0.05) is 31.0 Å². The van der Waals surface area contributed by atoms with Gasteiger partial charge in [-0.3, -0.25) is 9.69 Å².